The van der Waals surface area contributed by atoms with E-state index in [2.05, 4.69) is 0 Å². The Balaban J connectivity index is 0. The van der Waals surface area contributed by atoms with Crippen molar-refractivity contribution >= 4 is 10.3 Å². The second-order valence-corrected chi connectivity index (χ2v) is 1.51. The van der Waals surface area contributed by atoms with Crippen LogP contribution in [-0.2, 0) is 10.3 Å². The molecule has 0 spiro atoms. The van der Waals surface area contributed by atoms with E-state index in [1.54, 1.807) is 0 Å². The molecule has 0 saturated carbocycles. The average Bonchev–Trinajstić information content (AvgIpc) is 1.35. The van der Waals surface area contributed by atoms with Gasteiger partial charge >= 0.3 is 51.4 Å². The Morgan fingerprint density at radius 2 is 1.57 bits per heavy atom. The summed E-state index contributed by atoms with van der Waals surface area (Å²) in [6, 6.07) is 0. The van der Waals surface area contributed by atoms with Gasteiger partial charge in [0.1, 0.15) is 0 Å². The molecule has 0 rings (SSSR count). The van der Waals surface area contributed by atoms with Crippen molar-refractivity contribution in [2.75, 3.05) is 0 Å². The number of rotatable bonds is 1. The van der Waals surface area contributed by atoms with Gasteiger partial charge in [0, 0.05) is 0 Å². The molecule has 0 aliphatic rings. The fourth-order valence-electron chi connectivity index (χ4n) is 0. The van der Waals surface area contributed by atoms with Gasteiger partial charge < -0.3 is 4.55 Å². The third-order valence-corrected chi connectivity index (χ3v) is 0.274. The molecule has 0 unspecified atom stereocenters. The van der Waals surface area contributed by atoms with Gasteiger partial charge in [-0.2, -0.15) is 0 Å². The smallest absolute Gasteiger partial charge is 0.727 e. The van der Waals surface area contributed by atoms with E-state index in [0.29, 0.717) is 0 Å². The number of hydrogen-bond acceptors (Lipinski definition) is 4. The molecule has 0 aliphatic heterocycles. The SMILES string of the molecule is O=NS(=O)(=O)[O-].[K+]. The minimum Gasteiger partial charge on any atom is -0.727 e. The predicted molar refractivity (Wildman–Crippen MR) is 15.5 cm³/mol. The van der Waals surface area contributed by atoms with E-state index in [0.717, 1.165) is 0 Å². The first-order valence-electron chi connectivity index (χ1n) is 0.865. The molecule has 0 aromatic rings. The van der Waals surface area contributed by atoms with Crippen LogP contribution in [0, 0.1) is 4.91 Å². The molecule has 0 heterocycles. The van der Waals surface area contributed by atoms with E-state index in [4.69, 9.17) is 17.9 Å². The van der Waals surface area contributed by atoms with E-state index >= 15 is 0 Å². The van der Waals surface area contributed by atoms with Crippen LogP contribution in [0.25, 0.3) is 0 Å². The van der Waals surface area contributed by atoms with Gasteiger partial charge in [0.2, 0.25) is 10.3 Å². The minimum atomic E-state index is -4.84. The van der Waals surface area contributed by atoms with E-state index < -0.39 is 10.3 Å². The van der Waals surface area contributed by atoms with E-state index in [9.17, 15) is 0 Å². The largest absolute Gasteiger partial charge is 1.00 e. The van der Waals surface area contributed by atoms with Crippen molar-refractivity contribution in [3.05, 3.63) is 4.91 Å². The van der Waals surface area contributed by atoms with Crippen molar-refractivity contribution < 1.29 is 64.4 Å². The van der Waals surface area contributed by atoms with Gasteiger partial charge in [0.25, 0.3) is 0 Å². The number of hydrogen-bond donors (Lipinski definition) is 0. The van der Waals surface area contributed by atoms with Gasteiger partial charge in [-0.25, -0.2) is 8.42 Å². The standard InChI is InChI=1S/K.HNO4S/c;2-1-6(3,4)5/h;(H,3,4,5)/q+1;/p-1. The first-order valence-corrected chi connectivity index (χ1v) is 2.23. The molecule has 0 bridgehead atoms. The Hall–Kier alpha value is 1.15. The topological polar surface area (TPSA) is 86.6 Å². The fourth-order valence-corrected chi connectivity index (χ4v) is 0. The van der Waals surface area contributed by atoms with Gasteiger partial charge in [-0.05, 0) is 0 Å². The summed E-state index contributed by atoms with van der Waals surface area (Å²) in [5.41, 5.74) is 0. The average molecular weight is 149 g/mol. The molecule has 0 aliphatic carbocycles. The minimum absolute atomic E-state index is 0. The van der Waals surface area contributed by atoms with Gasteiger partial charge in [-0.1, -0.05) is 0 Å². The molecule has 0 aromatic heterocycles. The number of nitroso groups, excluding NO2 is 1. The van der Waals surface area contributed by atoms with Gasteiger partial charge in [-0.3, -0.25) is 0 Å². The molecule has 0 radical (unpaired) electrons. The van der Waals surface area contributed by atoms with Crippen molar-refractivity contribution in [2.24, 2.45) is 4.58 Å². The van der Waals surface area contributed by atoms with Crippen LogP contribution >= 0.6 is 0 Å². The zero-order chi connectivity index (χ0) is 5.21. The summed E-state index contributed by atoms with van der Waals surface area (Å²) in [5, 5.41) is 0. The van der Waals surface area contributed by atoms with Crippen LogP contribution in [0.15, 0.2) is 4.58 Å². The maximum atomic E-state index is 8.97. The first-order chi connectivity index (χ1) is 2.56. The molecular formula is KNO4S. The van der Waals surface area contributed by atoms with Crippen molar-refractivity contribution in [3.63, 3.8) is 0 Å². The van der Waals surface area contributed by atoms with Gasteiger partial charge in [0.05, 0.1) is 4.58 Å². The van der Waals surface area contributed by atoms with E-state index in [1.807, 2.05) is 0 Å². The van der Waals surface area contributed by atoms with E-state index in [1.165, 1.54) is 4.58 Å². The first kappa shape index (κ1) is 11.0. The summed E-state index contributed by atoms with van der Waals surface area (Å²) in [7, 11) is -4.84. The van der Waals surface area contributed by atoms with Crippen molar-refractivity contribution in [2.45, 2.75) is 0 Å². The summed E-state index contributed by atoms with van der Waals surface area (Å²) in [4.78, 5) is 8.68. The van der Waals surface area contributed by atoms with Crippen molar-refractivity contribution in [1.82, 2.24) is 0 Å². The van der Waals surface area contributed by atoms with Crippen LogP contribution in [0.1, 0.15) is 0 Å². The summed E-state index contributed by atoms with van der Waals surface area (Å²) in [5.74, 6) is 0. The maximum absolute atomic E-state index is 8.97. The molecule has 5 nitrogen and oxygen atoms in total. The van der Waals surface area contributed by atoms with E-state index in [-0.39, 0.29) is 51.4 Å². The van der Waals surface area contributed by atoms with Crippen LogP contribution in [0.2, 0.25) is 0 Å². The zero-order valence-electron chi connectivity index (χ0n) is 3.49. The zero-order valence-corrected chi connectivity index (χ0v) is 7.43. The molecule has 0 fully saturated rings. The molecule has 7 heteroatoms. The van der Waals surface area contributed by atoms with Crippen LogP contribution in [0.3, 0.4) is 0 Å². The third kappa shape index (κ3) is 11.0. The molecule has 0 N–H and O–H groups in total. The van der Waals surface area contributed by atoms with Crippen molar-refractivity contribution in [3.8, 4) is 0 Å². The summed E-state index contributed by atoms with van der Waals surface area (Å²) in [6.07, 6.45) is 0. The second-order valence-electron chi connectivity index (χ2n) is 0.502. The van der Waals surface area contributed by atoms with Crippen molar-refractivity contribution in [1.29, 1.82) is 0 Å². The second kappa shape index (κ2) is 4.07. The Labute approximate surface area is 82.8 Å². The molecule has 0 aromatic carbocycles. The fraction of sp³-hybridized carbons (Fsp3) is 0. The molecule has 0 amide bonds. The number of nitrogens with zero attached hydrogens (tertiary/aromatic N) is 1. The summed E-state index contributed by atoms with van der Waals surface area (Å²) in [6.45, 7) is 0. The molecular weight excluding hydrogens is 149 g/mol. The monoisotopic (exact) mass is 149 g/mol. The van der Waals surface area contributed by atoms with Gasteiger partial charge in [-0.15, -0.1) is 4.91 Å². The predicted octanol–water partition coefficient (Wildman–Crippen LogP) is -3.78. The normalized spacial score (nSPS) is 9.29. The van der Waals surface area contributed by atoms with Crippen LogP contribution in [0.4, 0.5) is 0 Å². The van der Waals surface area contributed by atoms with Crippen LogP contribution < -0.4 is 51.4 Å². The maximum Gasteiger partial charge on any atom is 1.00 e. The van der Waals surface area contributed by atoms with Crippen LogP contribution in [0.5, 0.6) is 0 Å². The Morgan fingerprint density at radius 3 is 1.57 bits per heavy atom. The molecule has 7 heavy (non-hydrogen) atoms. The third-order valence-electron chi connectivity index (χ3n) is 0.0913. The molecule has 0 saturated heterocycles. The molecule has 0 atom stereocenters. The molecule has 36 valence electrons. The Morgan fingerprint density at radius 1 is 1.43 bits per heavy atom. The summed E-state index contributed by atoms with van der Waals surface area (Å²) < 4.78 is 28.1. The quantitative estimate of drug-likeness (QED) is 0.217. The Kier molecular flexibility index (Phi) is 6.40. The van der Waals surface area contributed by atoms with Gasteiger partial charge in [0.15, 0.2) is 0 Å². The summed E-state index contributed by atoms with van der Waals surface area (Å²) >= 11 is 0. The van der Waals surface area contributed by atoms with Crippen LogP contribution in [-0.4, -0.2) is 13.0 Å². The Bertz CT molecular complexity index is 122.